The van der Waals surface area contributed by atoms with E-state index in [-0.39, 0.29) is 5.91 Å². The van der Waals surface area contributed by atoms with Crippen molar-refractivity contribution in [1.82, 2.24) is 4.90 Å². The fraction of sp³-hybridized carbons (Fsp3) is 0.125. The van der Waals surface area contributed by atoms with Gasteiger partial charge in [-0.2, -0.15) is 0 Å². The summed E-state index contributed by atoms with van der Waals surface area (Å²) in [5.74, 6) is -0.244. The van der Waals surface area contributed by atoms with Crippen LogP contribution in [-0.4, -0.2) is 28.7 Å². The third-order valence-corrected chi connectivity index (χ3v) is 5.31. The minimum atomic E-state index is -0.693. The van der Waals surface area contributed by atoms with E-state index in [4.69, 9.17) is 16.2 Å². The standard InChI is InChI=1S/C24H21N3O4/c25-22(28)15-5-9-19(10-6-15)31-20-11-7-16(8-12-20)24(30)27-14-18-4-2-1-3-17(18)13-21(27)23(26)29/h1-12,21H,13-14H2,(H2,25,28)(H2,26,29)/t21-/m0/s1. The maximum absolute atomic E-state index is 13.1. The predicted octanol–water partition coefficient (Wildman–Crippen LogP) is 2.63. The fourth-order valence-electron chi connectivity index (χ4n) is 3.65. The number of nitrogens with zero attached hydrogens (tertiary/aromatic N) is 1. The quantitative estimate of drug-likeness (QED) is 0.666. The van der Waals surface area contributed by atoms with E-state index in [9.17, 15) is 14.4 Å². The van der Waals surface area contributed by atoms with Gasteiger partial charge in [0.25, 0.3) is 5.91 Å². The van der Waals surface area contributed by atoms with Gasteiger partial charge >= 0.3 is 0 Å². The van der Waals surface area contributed by atoms with Crippen molar-refractivity contribution < 1.29 is 19.1 Å². The van der Waals surface area contributed by atoms with Gasteiger partial charge < -0.3 is 21.1 Å². The number of primary amides is 2. The molecule has 4 N–H and O–H groups in total. The van der Waals surface area contributed by atoms with Crippen LogP contribution >= 0.6 is 0 Å². The van der Waals surface area contributed by atoms with Crippen molar-refractivity contribution in [2.24, 2.45) is 11.5 Å². The monoisotopic (exact) mass is 415 g/mol. The number of rotatable bonds is 5. The molecule has 1 aliphatic heterocycles. The Balaban J connectivity index is 1.51. The molecule has 1 atom stereocenters. The van der Waals surface area contributed by atoms with Crippen molar-refractivity contribution in [3.05, 3.63) is 95.1 Å². The molecule has 7 nitrogen and oxygen atoms in total. The number of carbonyl (C=O) groups is 3. The molecule has 0 saturated heterocycles. The Labute approximate surface area is 179 Å². The lowest BCUT2D eigenvalue weighted by Crippen LogP contribution is -2.51. The second-order valence-electron chi connectivity index (χ2n) is 7.34. The molecule has 3 amide bonds. The molecule has 1 aliphatic rings. The lowest BCUT2D eigenvalue weighted by atomic mass is 9.93. The first-order chi connectivity index (χ1) is 14.9. The molecule has 0 unspecified atom stereocenters. The summed E-state index contributed by atoms with van der Waals surface area (Å²) < 4.78 is 5.75. The van der Waals surface area contributed by atoms with E-state index in [0.29, 0.717) is 35.6 Å². The molecule has 156 valence electrons. The number of fused-ring (bicyclic) bond motifs is 1. The van der Waals surface area contributed by atoms with Crippen LogP contribution in [0, 0.1) is 0 Å². The van der Waals surface area contributed by atoms with Gasteiger partial charge in [-0.05, 0) is 59.7 Å². The SMILES string of the molecule is NC(=O)c1ccc(Oc2ccc(C(=O)N3Cc4ccccc4C[C@H]3C(N)=O)cc2)cc1. The summed E-state index contributed by atoms with van der Waals surface area (Å²) in [5, 5.41) is 0. The van der Waals surface area contributed by atoms with Crippen molar-refractivity contribution in [3.8, 4) is 11.5 Å². The first-order valence-electron chi connectivity index (χ1n) is 9.77. The highest BCUT2D eigenvalue weighted by atomic mass is 16.5. The summed E-state index contributed by atoms with van der Waals surface area (Å²) in [5.41, 5.74) is 13.7. The predicted molar refractivity (Wildman–Crippen MR) is 114 cm³/mol. The average Bonchev–Trinajstić information content (AvgIpc) is 2.78. The molecule has 0 bridgehead atoms. The molecule has 31 heavy (non-hydrogen) atoms. The van der Waals surface area contributed by atoms with Crippen LogP contribution in [0.2, 0.25) is 0 Å². The van der Waals surface area contributed by atoms with Crippen LogP contribution in [0.15, 0.2) is 72.8 Å². The molecule has 3 aromatic carbocycles. The third kappa shape index (κ3) is 4.25. The van der Waals surface area contributed by atoms with E-state index in [1.54, 1.807) is 48.5 Å². The van der Waals surface area contributed by atoms with Gasteiger partial charge in [0.05, 0.1) is 0 Å². The average molecular weight is 415 g/mol. The molecular formula is C24H21N3O4. The summed E-state index contributed by atoms with van der Waals surface area (Å²) in [6, 6.07) is 20.1. The van der Waals surface area contributed by atoms with Crippen LogP contribution in [0.3, 0.4) is 0 Å². The Hall–Kier alpha value is -4.13. The number of benzene rings is 3. The molecule has 0 radical (unpaired) electrons. The smallest absolute Gasteiger partial charge is 0.254 e. The highest BCUT2D eigenvalue weighted by Gasteiger charge is 2.33. The van der Waals surface area contributed by atoms with Gasteiger partial charge in [0.2, 0.25) is 11.8 Å². The van der Waals surface area contributed by atoms with E-state index in [0.717, 1.165) is 11.1 Å². The van der Waals surface area contributed by atoms with Crippen molar-refractivity contribution >= 4 is 17.7 Å². The number of ether oxygens (including phenoxy) is 1. The fourth-order valence-corrected chi connectivity index (χ4v) is 3.65. The maximum atomic E-state index is 13.1. The Morgan fingerprint density at radius 3 is 1.87 bits per heavy atom. The molecule has 3 aromatic rings. The zero-order valence-electron chi connectivity index (χ0n) is 16.7. The van der Waals surface area contributed by atoms with Gasteiger partial charge in [0, 0.05) is 24.1 Å². The minimum Gasteiger partial charge on any atom is -0.457 e. The molecule has 0 spiro atoms. The van der Waals surface area contributed by atoms with Crippen LogP contribution in [0.1, 0.15) is 31.8 Å². The molecule has 0 aromatic heterocycles. The van der Waals surface area contributed by atoms with Crippen LogP contribution in [0.4, 0.5) is 0 Å². The summed E-state index contributed by atoms with van der Waals surface area (Å²) in [6.45, 7) is 0.326. The summed E-state index contributed by atoms with van der Waals surface area (Å²) >= 11 is 0. The zero-order valence-corrected chi connectivity index (χ0v) is 16.7. The summed E-state index contributed by atoms with van der Waals surface area (Å²) in [7, 11) is 0. The summed E-state index contributed by atoms with van der Waals surface area (Å²) in [6.07, 6.45) is 0.403. The second-order valence-corrected chi connectivity index (χ2v) is 7.34. The Morgan fingerprint density at radius 2 is 1.32 bits per heavy atom. The van der Waals surface area contributed by atoms with Crippen LogP contribution in [-0.2, 0) is 17.8 Å². The topological polar surface area (TPSA) is 116 Å². The van der Waals surface area contributed by atoms with Gasteiger partial charge in [-0.25, -0.2) is 0 Å². The van der Waals surface area contributed by atoms with E-state index in [1.165, 1.54) is 4.90 Å². The number of hydrogen-bond acceptors (Lipinski definition) is 4. The summed E-state index contributed by atoms with van der Waals surface area (Å²) in [4.78, 5) is 37.8. The molecule has 0 saturated carbocycles. The molecule has 7 heteroatoms. The lowest BCUT2D eigenvalue weighted by Gasteiger charge is -2.35. The maximum Gasteiger partial charge on any atom is 0.254 e. The Kier molecular flexibility index (Phi) is 5.41. The van der Waals surface area contributed by atoms with Gasteiger partial charge in [-0.15, -0.1) is 0 Å². The van der Waals surface area contributed by atoms with Crippen molar-refractivity contribution in [2.75, 3.05) is 0 Å². The first-order valence-corrected chi connectivity index (χ1v) is 9.77. The number of carbonyl (C=O) groups excluding carboxylic acids is 3. The van der Waals surface area contributed by atoms with Crippen LogP contribution < -0.4 is 16.2 Å². The van der Waals surface area contributed by atoms with Gasteiger partial charge in [0.15, 0.2) is 0 Å². The highest BCUT2D eigenvalue weighted by molar-refractivity contribution is 5.98. The van der Waals surface area contributed by atoms with Gasteiger partial charge in [-0.1, -0.05) is 24.3 Å². The van der Waals surface area contributed by atoms with Crippen molar-refractivity contribution in [3.63, 3.8) is 0 Å². The van der Waals surface area contributed by atoms with E-state index in [2.05, 4.69) is 0 Å². The Bertz CT molecular complexity index is 1140. The van der Waals surface area contributed by atoms with Crippen molar-refractivity contribution in [2.45, 2.75) is 19.0 Å². The largest absolute Gasteiger partial charge is 0.457 e. The van der Waals surface area contributed by atoms with Gasteiger partial charge in [-0.3, -0.25) is 14.4 Å². The number of amides is 3. The molecule has 4 rings (SSSR count). The molecule has 0 aliphatic carbocycles. The van der Waals surface area contributed by atoms with Crippen LogP contribution in [0.5, 0.6) is 11.5 Å². The third-order valence-electron chi connectivity index (χ3n) is 5.31. The highest BCUT2D eigenvalue weighted by Crippen LogP contribution is 2.26. The van der Waals surface area contributed by atoms with Crippen molar-refractivity contribution in [1.29, 1.82) is 0 Å². The van der Waals surface area contributed by atoms with Crippen LogP contribution in [0.25, 0.3) is 0 Å². The zero-order chi connectivity index (χ0) is 22.0. The van der Waals surface area contributed by atoms with E-state index in [1.807, 2.05) is 24.3 Å². The minimum absolute atomic E-state index is 0.268. The van der Waals surface area contributed by atoms with E-state index < -0.39 is 17.9 Å². The first kappa shape index (κ1) is 20.2. The molecule has 0 fully saturated rings. The molecule has 1 heterocycles. The Morgan fingerprint density at radius 1 is 0.774 bits per heavy atom. The number of hydrogen-bond donors (Lipinski definition) is 2. The lowest BCUT2D eigenvalue weighted by molar-refractivity contribution is -0.122. The number of nitrogens with two attached hydrogens (primary N) is 2. The molecular weight excluding hydrogens is 394 g/mol. The second kappa shape index (κ2) is 8.31. The van der Waals surface area contributed by atoms with Gasteiger partial charge in [0.1, 0.15) is 17.5 Å². The normalized spacial score (nSPS) is 15.1. The van der Waals surface area contributed by atoms with E-state index >= 15 is 0 Å².